The molecular formula is C13H18ClFN2O. The summed E-state index contributed by atoms with van der Waals surface area (Å²) in [6.45, 7) is 6.57. The van der Waals surface area contributed by atoms with E-state index in [1.807, 2.05) is 20.8 Å². The van der Waals surface area contributed by atoms with Crippen LogP contribution in [-0.4, -0.2) is 18.0 Å². The topological polar surface area (TPSA) is 41.1 Å². The Morgan fingerprint density at radius 3 is 2.61 bits per heavy atom. The standard InChI is InChI=1S/C13H18ClFN2O/c1-13(2,3)16-8-7-11(18)17-12-9(14)5-4-6-10(12)15/h4-6,16H,7-8H2,1-3H3,(H,17,18). The number of rotatable bonds is 4. The van der Waals surface area contributed by atoms with E-state index >= 15 is 0 Å². The lowest BCUT2D eigenvalue weighted by molar-refractivity contribution is -0.116. The average molecular weight is 273 g/mol. The van der Waals surface area contributed by atoms with Gasteiger partial charge in [-0.1, -0.05) is 17.7 Å². The van der Waals surface area contributed by atoms with Crippen molar-refractivity contribution in [2.24, 2.45) is 0 Å². The molecule has 1 rings (SSSR count). The SMILES string of the molecule is CC(C)(C)NCCC(=O)Nc1c(F)cccc1Cl. The Kier molecular flexibility index (Phi) is 5.11. The van der Waals surface area contributed by atoms with Gasteiger partial charge in [-0.15, -0.1) is 0 Å². The van der Waals surface area contributed by atoms with Crippen LogP contribution in [0.4, 0.5) is 10.1 Å². The maximum absolute atomic E-state index is 13.4. The molecule has 0 heterocycles. The number of nitrogens with one attached hydrogen (secondary N) is 2. The van der Waals surface area contributed by atoms with E-state index in [9.17, 15) is 9.18 Å². The lowest BCUT2D eigenvalue weighted by Gasteiger charge is -2.20. The van der Waals surface area contributed by atoms with Crippen molar-refractivity contribution in [3.63, 3.8) is 0 Å². The van der Waals surface area contributed by atoms with Crippen LogP contribution >= 0.6 is 11.6 Å². The van der Waals surface area contributed by atoms with E-state index in [-0.39, 0.29) is 28.6 Å². The number of anilines is 1. The van der Waals surface area contributed by atoms with E-state index in [0.29, 0.717) is 6.54 Å². The third-order valence-electron chi connectivity index (χ3n) is 2.23. The summed E-state index contributed by atoms with van der Waals surface area (Å²) < 4.78 is 13.4. The van der Waals surface area contributed by atoms with Crippen LogP contribution in [0, 0.1) is 5.82 Å². The fourth-order valence-corrected chi connectivity index (χ4v) is 1.58. The first-order valence-corrected chi connectivity index (χ1v) is 6.16. The highest BCUT2D eigenvalue weighted by Crippen LogP contribution is 2.24. The van der Waals surface area contributed by atoms with Crippen molar-refractivity contribution in [3.8, 4) is 0 Å². The van der Waals surface area contributed by atoms with Crippen LogP contribution in [-0.2, 0) is 4.79 Å². The van der Waals surface area contributed by atoms with Crippen LogP contribution in [0.5, 0.6) is 0 Å². The monoisotopic (exact) mass is 272 g/mol. The van der Waals surface area contributed by atoms with Gasteiger partial charge in [0.25, 0.3) is 0 Å². The molecule has 100 valence electrons. The van der Waals surface area contributed by atoms with Gasteiger partial charge in [0.2, 0.25) is 5.91 Å². The highest BCUT2D eigenvalue weighted by atomic mass is 35.5. The number of carbonyl (C=O) groups is 1. The number of para-hydroxylation sites is 1. The third kappa shape index (κ3) is 5.02. The minimum absolute atomic E-state index is 0.0416. The zero-order valence-electron chi connectivity index (χ0n) is 10.8. The van der Waals surface area contributed by atoms with E-state index in [1.54, 1.807) is 0 Å². The molecule has 5 heteroatoms. The Bertz CT molecular complexity index is 409. The quantitative estimate of drug-likeness (QED) is 0.884. The van der Waals surface area contributed by atoms with Crippen molar-refractivity contribution < 1.29 is 9.18 Å². The molecule has 0 atom stereocenters. The fourth-order valence-electron chi connectivity index (χ4n) is 1.37. The molecule has 0 spiro atoms. The van der Waals surface area contributed by atoms with Crippen LogP contribution in [0.15, 0.2) is 18.2 Å². The van der Waals surface area contributed by atoms with E-state index in [1.165, 1.54) is 18.2 Å². The van der Waals surface area contributed by atoms with Gasteiger partial charge in [-0.05, 0) is 32.9 Å². The number of benzene rings is 1. The highest BCUT2D eigenvalue weighted by molar-refractivity contribution is 6.33. The molecule has 0 bridgehead atoms. The van der Waals surface area contributed by atoms with Gasteiger partial charge in [0.05, 0.1) is 10.7 Å². The van der Waals surface area contributed by atoms with Crippen LogP contribution in [0.25, 0.3) is 0 Å². The van der Waals surface area contributed by atoms with Gasteiger partial charge in [-0.25, -0.2) is 4.39 Å². The minimum Gasteiger partial charge on any atom is -0.322 e. The Hall–Kier alpha value is -1.13. The Labute approximate surface area is 112 Å². The normalized spacial score (nSPS) is 11.4. The van der Waals surface area contributed by atoms with Gasteiger partial charge in [0, 0.05) is 18.5 Å². The van der Waals surface area contributed by atoms with Crippen LogP contribution in [0.2, 0.25) is 5.02 Å². The molecule has 2 N–H and O–H groups in total. The van der Waals surface area contributed by atoms with Crippen LogP contribution in [0.3, 0.4) is 0 Å². The average Bonchev–Trinajstić information content (AvgIpc) is 2.22. The molecule has 18 heavy (non-hydrogen) atoms. The zero-order valence-corrected chi connectivity index (χ0v) is 11.6. The van der Waals surface area contributed by atoms with Crippen molar-refractivity contribution >= 4 is 23.2 Å². The largest absolute Gasteiger partial charge is 0.322 e. The smallest absolute Gasteiger partial charge is 0.225 e. The highest BCUT2D eigenvalue weighted by Gasteiger charge is 2.12. The van der Waals surface area contributed by atoms with E-state index in [2.05, 4.69) is 10.6 Å². The molecule has 1 aromatic carbocycles. The number of hydrogen-bond acceptors (Lipinski definition) is 2. The molecule has 0 aliphatic rings. The molecule has 0 aliphatic heterocycles. The molecule has 3 nitrogen and oxygen atoms in total. The van der Waals surface area contributed by atoms with E-state index in [0.717, 1.165) is 0 Å². The lowest BCUT2D eigenvalue weighted by atomic mass is 10.1. The molecular weight excluding hydrogens is 255 g/mol. The van der Waals surface area contributed by atoms with Crippen LogP contribution in [0.1, 0.15) is 27.2 Å². The molecule has 1 amide bonds. The third-order valence-corrected chi connectivity index (χ3v) is 2.55. The Balaban J connectivity index is 2.50. The summed E-state index contributed by atoms with van der Waals surface area (Å²) in [4.78, 5) is 11.6. The van der Waals surface area contributed by atoms with E-state index in [4.69, 9.17) is 11.6 Å². The molecule has 0 saturated carbocycles. The number of halogens is 2. The summed E-state index contributed by atoms with van der Waals surface area (Å²) in [7, 11) is 0. The van der Waals surface area contributed by atoms with Crippen molar-refractivity contribution in [1.29, 1.82) is 0 Å². The van der Waals surface area contributed by atoms with Gasteiger partial charge in [-0.2, -0.15) is 0 Å². The molecule has 0 fully saturated rings. The maximum Gasteiger partial charge on any atom is 0.225 e. The van der Waals surface area contributed by atoms with Gasteiger partial charge in [-0.3, -0.25) is 4.79 Å². The summed E-state index contributed by atoms with van der Waals surface area (Å²) in [6, 6.07) is 4.29. The molecule has 0 radical (unpaired) electrons. The second kappa shape index (κ2) is 6.16. The van der Waals surface area contributed by atoms with Crippen molar-refractivity contribution in [3.05, 3.63) is 29.0 Å². The Morgan fingerprint density at radius 1 is 1.39 bits per heavy atom. The van der Waals surface area contributed by atoms with Gasteiger partial charge in [0.1, 0.15) is 5.82 Å². The van der Waals surface area contributed by atoms with Crippen LogP contribution < -0.4 is 10.6 Å². The first-order valence-electron chi connectivity index (χ1n) is 5.78. The summed E-state index contributed by atoms with van der Waals surface area (Å²) in [5.41, 5.74) is -0.00411. The molecule has 0 unspecified atom stereocenters. The summed E-state index contributed by atoms with van der Waals surface area (Å²) >= 11 is 5.81. The summed E-state index contributed by atoms with van der Waals surface area (Å²) in [5.74, 6) is -0.793. The molecule has 0 saturated heterocycles. The first-order chi connectivity index (χ1) is 8.29. The number of hydrogen-bond donors (Lipinski definition) is 2. The summed E-state index contributed by atoms with van der Waals surface area (Å²) in [5, 5.41) is 5.86. The van der Waals surface area contributed by atoms with E-state index < -0.39 is 5.82 Å². The van der Waals surface area contributed by atoms with Gasteiger partial charge < -0.3 is 10.6 Å². The second-order valence-electron chi connectivity index (χ2n) is 5.07. The van der Waals surface area contributed by atoms with Crippen molar-refractivity contribution in [1.82, 2.24) is 5.32 Å². The van der Waals surface area contributed by atoms with Gasteiger partial charge >= 0.3 is 0 Å². The number of amides is 1. The minimum atomic E-state index is -0.528. The van der Waals surface area contributed by atoms with Crippen molar-refractivity contribution in [2.75, 3.05) is 11.9 Å². The molecule has 1 aromatic rings. The second-order valence-corrected chi connectivity index (χ2v) is 5.48. The zero-order chi connectivity index (χ0) is 13.8. The van der Waals surface area contributed by atoms with Crippen molar-refractivity contribution in [2.45, 2.75) is 32.7 Å². The predicted octanol–water partition coefficient (Wildman–Crippen LogP) is 3.20. The lowest BCUT2D eigenvalue weighted by Crippen LogP contribution is -2.37. The predicted molar refractivity (Wildman–Crippen MR) is 72.4 cm³/mol. The maximum atomic E-state index is 13.4. The Morgan fingerprint density at radius 2 is 2.06 bits per heavy atom. The van der Waals surface area contributed by atoms with Gasteiger partial charge in [0.15, 0.2) is 0 Å². The fraction of sp³-hybridized carbons (Fsp3) is 0.462. The molecule has 0 aliphatic carbocycles. The first kappa shape index (κ1) is 14.9. The molecule has 0 aromatic heterocycles. The summed E-state index contributed by atoms with van der Waals surface area (Å²) in [6.07, 6.45) is 0.266. The number of carbonyl (C=O) groups excluding carboxylic acids is 1.